The number of piperazine rings is 1. The van der Waals surface area contributed by atoms with Crippen molar-refractivity contribution in [3.05, 3.63) is 51.8 Å². The van der Waals surface area contributed by atoms with Crippen LogP contribution in [0.1, 0.15) is 16.8 Å². The topological polar surface area (TPSA) is 78.4 Å². The minimum atomic E-state index is -0.485. The highest BCUT2D eigenvalue weighted by atomic mass is 79.9. The highest BCUT2D eigenvalue weighted by molar-refractivity contribution is 9.10. The third kappa shape index (κ3) is 4.44. The van der Waals surface area contributed by atoms with Crippen LogP contribution < -0.4 is 10.2 Å². The third-order valence-electron chi connectivity index (χ3n) is 4.97. The summed E-state index contributed by atoms with van der Waals surface area (Å²) in [5.41, 5.74) is 0.209. The monoisotopic (exact) mass is 491 g/mol. The van der Waals surface area contributed by atoms with Gasteiger partial charge in [-0.25, -0.2) is 14.4 Å². The highest BCUT2D eigenvalue weighted by Crippen LogP contribution is 2.27. The first-order chi connectivity index (χ1) is 14.5. The minimum absolute atomic E-state index is 0.0170. The van der Waals surface area contributed by atoms with Crippen LogP contribution in [0.4, 0.5) is 10.2 Å². The molecule has 0 saturated carbocycles. The van der Waals surface area contributed by atoms with Gasteiger partial charge < -0.3 is 15.1 Å². The van der Waals surface area contributed by atoms with E-state index >= 15 is 0 Å². The van der Waals surface area contributed by atoms with Gasteiger partial charge in [0.1, 0.15) is 22.8 Å². The second kappa shape index (κ2) is 9.05. The lowest BCUT2D eigenvalue weighted by Gasteiger charge is -2.35. The zero-order valence-corrected chi connectivity index (χ0v) is 18.4. The summed E-state index contributed by atoms with van der Waals surface area (Å²) in [4.78, 5) is 38.4. The summed E-state index contributed by atoms with van der Waals surface area (Å²) in [7, 11) is 0. The van der Waals surface area contributed by atoms with Crippen molar-refractivity contribution < 1.29 is 14.0 Å². The first-order valence-corrected chi connectivity index (χ1v) is 11.1. The van der Waals surface area contributed by atoms with Gasteiger partial charge >= 0.3 is 0 Å². The third-order valence-corrected chi connectivity index (χ3v) is 6.48. The van der Waals surface area contributed by atoms with Gasteiger partial charge in [-0.05, 0) is 45.6 Å². The molecule has 1 aliphatic heterocycles. The molecule has 2 amide bonds. The van der Waals surface area contributed by atoms with Gasteiger partial charge in [-0.1, -0.05) is 0 Å². The number of anilines is 1. The highest BCUT2D eigenvalue weighted by Gasteiger charge is 2.23. The molecule has 0 unspecified atom stereocenters. The van der Waals surface area contributed by atoms with Crippen LogP contribution >= 0.6 is 27.3 Å². The molecular formula is C20H19BrFN5O2S. The van der Waals surface area contributed by atoms with Gasteiger partial charge in [-0.15, -0.1) is 11.3 Å². The number of fused-ring (bicyclic) bond motifs is 1. The summed E-state index contributed by atoms with van der Waals surface area (Å²) >= 11 is 4.82. The molecule has 7 nitrogen and oxygen atoms in total. The average molecular weight is 492 g/mol. The van der Waals surface area contributed by atoms with E-state index in [9.17, 15) is 14.0 Å². The molecule has 1 N–H and O–H groups in total. The van der Waals surface area contributed by atoms with E-state index in [0.29, 0.717) is 30.7 Å². The Kier molecular flexibility index (Phi) is 6.24. The molecule has 30 heavy (non-hydrogen) atoms. The summed E-state index contributed by atoms with van der Waals surface area (Å²) in [6, 6.07) is 5.94. The van der Waals surface area contributed by atoms with Crippen molar-refractivity contribution in [2.45, 2.75) is 6.42 Å². The van der Waals surface area contributed by atoms with Gasteiger partial charge in [0.25, 0.3) is 5.91 Å². The van der Waals surface area contributed by atoms with Crippen molar-refractivity contribution in [2.75, 3.05) is 37.6 Å². The van der Waals surface area contributed by atoms with Gasteiger partial charge in [0, 0.05) is 43.6 Å². The molecule has 1 fully saturated rings. The van der Waals surface area contributed by atoms with Gasteiger partial charge in [0.15, 0.2) is 0 Å². The molecule has 156 valence electrons. The van der Waals surface area contributed by atoms with E-state index in [1.54, 1.807) is 22.6 Å². The van der Waals surface area contributed by atoms with E-state index in [1.165, 1.54) is 12.1 Å². The fourth-order valence-electron chi connectivity index (χ4n) is 3.40. The number of carbonyl (C=O) groups is 2. The quantitative estimate of drug-likeness (QED) is 0.593. The summed E-state index contributed by atoms with van der Waals surface area (Å²) in [5, 5.41) is 5.71. The number of hydrogen-bond acceptors (Lipinski definition) is 6. The van der Waals surface area contributed by atoms with Crippen LogP contribution in [0.15, 0.2) is 40.4 Å². The number of halogens is 2. The van der Waals surface area contributed by atoms with E-state index in [4.69, 9.17) is 0 Å². The SMILES string of the molecule is O=C(NCCC(=O)N1CCN(c2ncnc3sccc23)CC1)c1cc(F)ccc1Br. The molecule has 1 saturated heterocycles. The predicted molar refractivity (Wildman–Crippen MR) is 117 cm³/mol. The van der Waals surface area contributed by atoms with Gasteiger partial charge in [0.05, 0.1) is 10.9 Å². The molecule has 4 rings (SSSR count). The lowest BCUT2D eigenvalue weighted by Crippen LogP contribution is -2.49. The second-order valence-electron chi connectivity index (χ2n) is 6.83. The normalized spacial score (nSPS) is 14.2. The van der Waals surface area contributed by atoms with Crippen molar-refractivity contribution in [1.82, 2.24) is 20.2 Å². The van der Waals surface area contributed by atoms with Crippen molar-refractivity contribution in [1.29, 1.82) is 0 Å². The van der Waals surface area contributed by atoms with Crippen LogP contribution in [0.3, 0.4) is 0 Å². The maximum Gasteiger partial charge on any atom is 0.252 e. The Balaban J connectivity index is 1.27. The van der Waals surface area contributed by atoms with E-state index in [-0.39, 0.29) is 24.4 Å². The Hall–Kier alpha value is -2.59. The molecule has 1 aliphatic rings. The number of hydrogen-bond donors (Lipinski definition) is 1. The summed E-state index contributed by atoms with van der Waals surface area (Å²) in [5.74, 6) is -0.0128. The van der Waals surface area contributed by atoms with Crippen LogP contribution in [-0.4, -0.2) is 59.4 Å². The summed E-state index contributed by atoms with van der Waals surface area (Å²) in [6.07, 6.45) is 1.77. The number of thiophene rings is 1. The number of amides is 2. The standard InChI is InChI=1S/C20H19BrFN5O2S/c21-16-2-1-13(22)11-15(16)19(29)23-5-3-17(28)26-6-8-27(9-7-26)18-14-4-10-30-20(14)25-12-24-18/h1-2,4,10-12H,3,5-9H2,(H,23,29). The first kappa shape index (κ1) is 20.7. The molecular weight excluding hydrogens is 473 g/mol. The molecule has 0 atom stereocenters. The maximum atomic E-state index is 13.3. The van der Waals surface area contributed by atoms with Crippen LogP contribution in [-0.2, 0) is 4.79 Å². The predicted octanol–water partition coefficient (Wildman–Crippen LogP) is 3.06. The van der Waals surface area contributed by atoms with E-state index in [0.717, 1.165) is 22.1 Å². The Morgan fingerprint density at radius 3 is 2.77 bits per heavy atom. The van der Waals surface area contributed by atoms with Crippen LogP contribution in [0.5, 0.6) is 0 Å². The van der Waals surface area contributed by atoms with Crippen LogP contribution in [0.2, 0.25) is 0 Å². The zero-order valence-electron chi connectivity index (χ0n) is 16.0. The number of aromatic nitrogens is 2. The number of nitrogens with one attached hydrogen (secondary N) is 1. The Labute approximate surface area is 185 Å². The van der Waals surface area contributed by atoms with Crippen molar-refractivity contribution in [2.24, 2.45) is 0 Å². The summed E-state index contributed by atoms with van der Waals surface area (Å²) < 4.78 is 13.9. The molecule has 0 bridgehead atoms. The van der Waals surface area contributed by atoms with E-state index in [2.05, 4.69) is 36.1 Å². The number of nitrogens with zero attached hydrogens (tertiary/aromatic N) is 4. The van der Waals surface area contributed by atoms with Gasteiger partial charge in [-0.3, -0.25) is 9.59 Å². The molecule has 2 aromatic heterocycles. The van der Waals surface area contributed by atoms with Crippen molar-refractivity contribution in [3.8, 4) is 0 Å². The molecule has 0 radical (unpaired) electrons. The van der Waals surface area contributed by atoms with Gasteiger partial charge in [0.2, 0.25) is 5.91 Å². The molecule has 10 heteroatoms. The van der Waals surface area contributed by atoms with E-state index < -0.39 is 11.7 Å². The van der Waals surface area contributed by atoms with E-state index in [1.807, 2.05) is 11.4 Å². The van der Waals surface area contributed by atoms with Crippen molar-refractivity contribution in [3.63, 3.8) is 0 Å². The lowest BCUT2D eigenvalue weighted by atomic mass is 10.2. The average Bonchev–Trinajstić information content (AvgIpc) is 3.24. The zero-order chi connectivity index (χ0) is 21.1. The smallest absolute Gasteiger partial charge is 0.252 e. The largest absolute Gasteiger partial charge is 0.352 e. The number of carbonyl (C=O) groups excluding carboxylic acids is 2. The molecule has 3 aromatic rings. The first-order valence-electron chi connectivity index (χ1n) is 9.47. The minimum Gasteiger partial charge on any atom is -0.352 e. The maximum absolute atomic E-state index is 13.3. The second-order valence-corrected chi connectivity index (χ2v) is 8.58. The number of benzene rings is 1. The van der Waals surface area contributed by atoms with Crippen LogP contribution in [0.25, 0.3) is 10.2 Å². The van der Waals surface area contributed by atoms with Gasteiger partial charge in [-0.2, -0.15) is 0 Å². The number of rotatable bonds is 5. The Bertz CT molecular complexity index is 1080. The fraction of sp³-hybridized carbons (Fsp3) is 0.300. The lowest BCUT2D eigenvalue weighted by molar-refractivity contribution is -0.131. The summed E-state index contributed by atoms with van der Waals surface area (Å²) in [6.45, 7) is 2.77. The van der Waals surface area contributed by atoms with Crippen LogP contribution in [0, 0.1) is 5.82 Å². The Morgan fingerprint density at radius 1 is 1.17 bits per heavy atom. The molecule has 0 spiro atoms. The van der Waals surface area contributed by atoms with Crippen molar-refractivity contribution >= 4 is 55.1 Å². The molecule has 3 heterocycles. The fourth-order valence-corrected chi connectivity index (χ4v) is 4.56. The molecule has 0 aliphatic carbocycles. The molecule has 1 aromatic carbocycles. The Morgan fingerprint density at radius 2 is 1.97 bits per heavy atom.